The zero-order valence-corrected chi connectivity index (χ0v) is 10.9. The Hall–Kier alpha value is -0.570. The summed E-state index contributed by atoms with van der Waals surface area (Å²) in [6.07, 6.45) is 5.49. The summed E-state index contributed by atoms with van der Waals surface area (Å²) < 4.78 is 0. The minimum Gasteiger partial charge on any atom is -0.353 e. The van der Waals surface area contributed by atoms with Crippen molar-refractivity contribution < 1.29 is 4.79 Å². The summed E-state index contributed by atoms with van der Waals surface area (Å²) >= 11 is 0. The fourth-order valence-electron chi connectivity index (χ4n) is 2.02. The summed E-state index contributed by atoms with van der Waals surface area (Å²) in [4.78, 5) is 11.6. The van der Waals surface area contributed by atoms with Gasteiger partial charge in [0, 0.05) is 18.5 Å². The van der Waals surface area contributed by atoms with E-state index in [0.717, 1.165) is 18.9 Å². The number of hydrogen-bond donors (Lipinski definition) is 2. The number of rotatable bonds is 7. The zero-order chi connectivity index (χ0) is 12.0. The van der Waals surface area contributed by atoms with Crippen LogP contribution in [0.2, 0.25) is 0 Å². The fraction of sp³-hybridized carbons (Fsp3) is 0.923. The molecule has 2 N–H and O–H groups in total. The molecule has 1 aliphatic carbocycles. The molecular weight excluding hydrogens is 200 g/mol. The molecule has 0 aromatic carbocycles. The summed E-state index contributed by atoms with van der Waals surface area (Å²) in [5.41, 5.74) is 0. The molecule has 1 aliphatic rings. The fourth-order valence-corrected chi connectivity index (χ4v) is 2.02. The topological polar surface area (TPSA) is 41.1 Å². The maximum absolute atomic E-state index is 11.6. The number of nitrogens with one attached hydrogen (secondary N) is 2. The first kappa shape index (κ1) is 13.5. The van der Waals surface area contributed by atoms with Gasteiger partial charge >= 0.3 is 0 Å². The van der Waals surface area contributed by atoms with E-state index < -0.39 is 0 Å². The molecule has 0 radical (unpaired) electrons. The third kappa shape index (κ3) is 4.97. The third-order valence-electron chi connectivity index (χ3n) is 3.38. The van der Waals surface area contributed by atoms with Crippen molar-refractivity contribution in [3.05, 3.63) is 0 Å². The third-order valence-corrected chi connectivity index (χ3v) is 3.38. The van der Waals surface area contributed by atoms with Gasteiger partial charge in [0.05, 0.1) is 0 Å². The molecule has 0 aromatic rings. The molecule has 1 rings (SSSR count). The zero-order valence-electron chi connectivity index (χ0n) is 10.9. The quantitative estimate of drug-likeness (QED) is 0.653. The van der Waals surface area contributed by atoms with E-state index in [0.29, 0.717) is 18.5 Å². The molecule has 1 unspecified atom stereocenters. The van der Waals surface area contributed by atoms with Crippen LogP contribution in [-0.2, 0) is 4.79 Å². The lowest BCUT2D eigenvalue weighted by atomic mass is 9.80. The first-order valence-electron chi connectivity index (χ1n) is 6.62. The Morgan fingerprint density at radius 1 is 1.31 bits per heavy atom. The average molecular weight is 226 g/mol. The van der Waals surface area contributed by atoms with E-state index in [2.05, 4.69) is 31.4 Å². The van der Waals surface area contributed by atoms with E-state index in [-0.39, 0.29) is 5.91 Å². The molecule has 0 aliphatic heterocycles. The van der Waals surface area contributed by atoms with Crippen LogP contribution in [0.25, 0.3) is 0 Å². The van der Waals surface area contributed by atoms with Gasteiger partial charge in [0.1, 0.15) is 0 Å². The highest BCUT2D eigenvalue weighted by Crippen LogP contribution is 2.29. The monoisotopic (exact) mass is 226 g/mol. The summed E-state index contributed by atoms with van der Waals surface area (Å²) in [5.74, 6) is 0.947. The van der Waals surface area contributed by atoms with Crippen LogP contribution in [-0.4, -0.2) is 24.5 Å². The lowest BCUT2D eigenvalue weighted by Crippen LogP contribution is -2.40. The Morgan fingerprint density at radius 3 is 2.50 bits per heavy atom. The normalized spacial score (nSPS) is 18.2. The Balaban J connectivity index is 2.01. The van der Waals surface area contributed by atoms with Crippen molar-refractivity contribution in [1.82, 2.24) is 10.6 Å². The smallest absolute Gasteiger partial charge is 0.220 e. The molecule has 1 amide bonds. The van der Waals surface area contributed by atoms with Gasteiger partial charge < -0.3 is 10.6 Å². The number of amides is 1. The van der Waals surface area contributed by atoms with Crippen molar-refractivity contribution in [2.45, 2.75) is 65.0 Å². The summed E-state index contributed by atoms with van der Waals surface area (Å²) in [5, 5.41) is 6.42. The lowest BCUT2D eigenvalue weighted by Gasteiger charge is -2.31. The number of hydrogen-bond acceptors (Lipinski definition) is 2. The molecule has 0 saturated heterocycles. The molecule has 3 heteroatoms. The Kier molecular flexibility index (Phi) is 5.81. The van der Waals surface area contributed by atoms with Gasteiger partial charge in [-0.05, 0) is 38.6 Å². The molecule has 0 aromatic heterocycles. The lowest BCUT2D eigenvalue weighted by molar-refractivity contribution is -0.122. The molecule has 0 heterocycles. The molecule has 1 fully saturated rings. The van der Waals surface area contributed by atoms with Gasteiger partial charge in [-0.3, -0.25) is 4.79 Å². The van der Waals surface area contributed by atoms with E-state index in [9.17, 15) is 4.79 Å². The molecule has 0 bridgehead atoms. The van der Waals surface area contributed by atoms with E-state index in [1.807, 2.05) is 0 Å². The highest BCUT2D eigenvalue weighted by Gasteiger charge is 2.24. The second-order valence-corrected chi connectivity index (χ2v) is 5.26. The van der Waals surface area contributed by atoms with Gasteiger partial charge in [-0.15, -0.1) is 0 Å². The Bertz CT molecular complexity index is 212. The van der Waals surface area contributed by atoms with Crippen LogP contribution in [0.1, 0.15) is 52.9 Å². The molecule has 1 saturated carbocycles. The van der Waals surface area contributed by atoms with Crippen LogP contribution in [0.15, 0.2) is 0 Å². The molecule has 0 spiro atoms. The van der Waals surface area contributed by atoms with E-state index in [1.54, 1.807) is 0 Å². The van der Waals surface area contributed by atoms with Crippen molar-refractivity contribution in [3.63, 3.8) is 0 Å². The highest BCUT2D eigenvalue weighted by atomic mass is 16.1. The molecule has 94 valence electrons. The Morgan fingerprint density at radius 2 is 2.00 bits per heavy atom. The average Bonchev–Trinajstić information content (AvgIpc) is 2.08. The van der Waals surface area contributed by atoms with Crippen LogP contribution in [0, 0.1) is 5.92 Å². The maximum atomic E-state index is 11.6. The van der Waals surface area contributed by atoms with Crippen LogP contribution in [0.5, 0.6) is 0 Å². The predicted molar refractivity (Wildman–Crippen MR) is 67.3 cm³/mol. The van der Waals surface area contributed by atoms with Crippen molar-refractivity contribution in [1.29, 1.82) is 0 Å². The van der Waals surface area contributed by atoms with Crippen LogP contribution >= 0.6 is 0 Å². The molecule has 1 atom stereocenters. The van der Waals surface area contributed by atoms with Crippen molar-refractivity contribution in [2.75, 3.05) is 6.54 Å². The van der Waals surface area contributed by atoms with Gasteiger partial charge in [-0.25, -0.2) is 0 Å². The first-order chi connectivity index (χ1) is 7.59. The minimum absolute atomic E-state index is 0.213. The van der Waals surface area contributed by atoms with Gasteiger partial charge in [-0.1, -0.05) is 20.3 Å². The van der Waals surface area contributed by atoms with Crippen LogP contribution < -0.4 is 10.6 Å². The van der Waals surface area contributed by atoms with Crippen molar-refractivity contribution >= 4 is 5.91 Å². The van der Waals surface area contributed by atoms with Gasteiger partial charge in [-0.2, -0.15) is 0 Å². The highest BCUT2D eigenvalue weighted by molar-refractivity contribution is 5.76. The van der Waals surface area contributed by atoms with E-state index in [1.165, 1.54) is 19.3 Å². The van der Waals surface area contributed by atoms with Crippen LogP contribution in [0.3, 0.4) is 0 Å². The van der Waals surface area contributed by atoms with Crippen molar-refractivity contribution in [2.24, 2.45) is 5.92 Å². The van der Waals surface area contributed by atoms with E-state index in [4.69, 9.17) is 0 Å². The van der Waals surface area contributed by atoms with Gasteiger partial charge in [0.2, 0.25) is 5.91 Å². The van der Waals surface area contributed by atoms with Gasteiger partial charge in [0.15, 0.2) is 0 Å². The van der Waals surface area contributed by atoms with Crippen molar-refractivity contribution in [3.8, 4) is 0 Å². The first-order valence-corrected chi connectivity index (χ1v) is 6.62. The summed E-state index contributed by atoms with van der Waals surface area (Å²) in [6.45, 7) is 7.31. The number of carbonyl (C=O) groups is 1. The molecular formula is C13H26N2O. The standard InChI is InChI=1S/C13H26N2O/c1-10(2)14-9-5-8-13(16)15-11(3)12-6-4-7-12/h10-12,14H,4-9H2,1-3H3,(H,15,16). The molecule has 3 nitrogen and oxygen atoms in total. The minimum atomic E-state index is 0.213. The summed E-state index contributed by atoms with van der Waals surface area (Å²) in [6, 6.07) is 0.885. The largest absolute Gasteiger partial charge is 0.353 e. The van der Waals surface area contributed by atoms with Gasteiger partial charge in [0.25, 0.3) is 0 Å². The predicted octanol–water partition coefficient (Wildman–Crippen LogP) is 2.07. The summed E-state index contributed by atoms with van der Waals surface area (Å²) in [7, 11) is 0. The number of carbonyl (C=O) groups excluding carboxylic acids is 1. The van der Waals surface area contributed by atoms with Crippen LogP contribution in [0.4, 0.5) is 0 Å². The molecule has 16 heavy (non-hydrogen) atoms. The van der Waals surface area contributed by atoms with E-state index >= 15 is 0 Å². The second-order valence-electron chi connectivity index (χ2n) is 5.26. The second kappa shape index (κ2) is 6.89. The Labute approximate surface area is 99.4 Å². The SMILES string of the molecule is CC(C)NCCCC(=O)NC(C)C1CCC1. The maximum Gasteiger partial charge on any atom is 0.220 e.